The van der Waals surface area contributed by atoms with Crippen molar-refractivity contribution in [2.45, 2.75) is 142 Å². The van der Waals surface area contributed by atoms with Crippen LogP contribution in [0.3, 0.4) is 0 Å². The Kier molecular flexibility index (Phi) is 19.1. The summed E-state index contributed by atoms with van der Waals surface area (Å²) in [6.07, 6.45) is 20.1. The summed E-state index contributed by atoms with van der Waals surface area (Å²) in [5, 5.41) is 0. The molecule has 5 nitrogen and oxygen atoms in total. The molecule has 0 aromatic heterocycles. The van der Waals surface area contributed by atoms with Crippen molar-refractivity contribution in [1.29, 1.82) is 0 Å². The zero-order chi connectivity index (χ0) is 25.1. The van der Waals surface area contributed by atoms with Crippen molar-refractivity contribution in [2.24, 2.45) is 11.8 Å². The van der Waals surface area contributed by atoms with Gasteiger partial charge in [-0.15, -0.1) is 0 Å². The highest BCUT2D eigenvalue weighted by Crippen LogP contribution is 2.50. The van der Waals surface area contributed by atoms with Gasteiger partial charge < -0.3 is 4.74 Å². The fourth-order valence-corrected chi connectivity index (χ4v) is 6.03. The van der Waals surface area contributed by atoms with E-state index >= 15 is 0 Å². The van der Waals surface area contributed by atoms with Crippen LogP contribution in [-0.4, -0.2) is 40.3 Å². The number of ether oxygens (including phenoxy) is 1. The van der Waals surface area contributed by atoms with E-state index in [4.69, 9.17) is 26.2 Å². The summed E-state index contributed by atoms with van der Waals surface area (Å²) in [5.74, 6) is 0.906. The van der Waals surface area contributed by atoms with Crippen LogP contribution in [0, 0.1) is 11.8 Å². The zero-order valence-corrected chi connectivity index (χ0v) is 23.7. The van der Waals surface area contributed by atoms with Crippen LogP contribution in [0.15, 0.2) is 0 Å². The third kappa shape index (κ3) is 14.0. The monoisotopic (exact) mass is 500 g/mol. The molecule has 1 heterocycles. The van der Waals surface area contributed by atoms with Gasteiger partial charge in [-0.25, -0.2) is 4.57 Å². The predicted octanol–water partition coefficient (Wildman–Crippen LogP) is 8.59. The van der Waals surface area contributed by atoms with E-state index in [-0.39, 0.29) is 18.7 Å². The standard InChI is InChI=1S/C27H54BO5P/c1-5-8-11-14-15-18-21-31-34(29,30-4)32-23-26-25(22-27(28)33-26)24(19-16-12-9-6-2)20-17-13-10-7-3/h24-27H,5-23H2,1-4H3/t25-,26?,27+,34?/m0/s1. The molecule has 200 valence electrons. The molecule has 0 aliphatic carbocycles. The van der Waals surface area contributed by atoms with Crippen LogP contribution in [0.4, 0.5) is 0 Å². The third-order valence-corrected chi connectivity index (χ3v) is 8.57. The van der Waals surface area contributed by atoms with E-state index in [0.29, 0.717) is 18.4 Å². The van der Waals surface area contributed by atoms with Gasteiger partial charge in [-0.1, -0.05) is 117 Å². The van der Waals surface area contributed by atoms with Gasteiger partial charge in [0.2, 0.25) is 0 Å². The number of hydrogen-bond donors (Lipinski definition) is 0. The van der Waals surface area contributed by atoms with Crippen LogP contribution >= 0.6 is 7.82 Å². The normalized spacial score (nSPS) is 22.4. The maximum Gasteiger partial charge on any atom is 0.474 e. The molecular formula is C27H54BO5P. The number of phosphoric ester groups is 1. The largest absolute Gasteiger partial charge is 0.474 e. The molecule has 0 aromatic rings. The predicted molar refractivity (Wildman–Crippen MR) is 143 cm³/mol. The second-order valence-corrected chi connectivity index (χ2v) is 11.9. The van der Waals surface area contributed by atoms with E-state index in [2.05, 4.69) is 20.8 Å². The number of hydrogen-bond acceptors (Lipinski definition) is 5. The van der Waals surface area contributed by atoms with Crippen LogP contribution in [0.2, 0.25) is 0 Å². The highest BCUT2D eigenvalue weighted by atomic mass is 31.2. The minimum atomic E-state index is -3.57. The maximum absolute atomic E-state index is 13.0. The van der Waals surface area contributed by atoms with Gasteiger partial charge in [0.25, 0.3) is 0 Å². The van der Waals surface area contributed by atoms with Crippen molar-refractivity contribution in [1.82, 2.24) is 0 Å². The molecule has 0 N–H and O–H groups in total. The number of unbranched alkanes of at least 4 members (excludes halogenated alkanes) is 11. The summed E-state index contributed by atoms with van der Waals surface area (Å²) in [6.45, 7) is 7.32. The molecule has 1 aliphatic heterocycles. The van der Waals surface area contributed by atoms with Crippen molar-refractivity contribution >= 4 is 15.7 Å². The van der Waals surface area contributed by atoms with Crippen LogP contribution in [0.25, 0.3) is 0 Å². The minimum Gasteiger partial charge on any atom is -0.382 e. The Morgan fingerprint density at radius 3 is 1.91 bits per heavy atom. The van der Waals surface area contributed by atoms with Crippen LogP contribution in [0.5, 0.6) is 0 Å². The Morgan fingerprint density at radius 2 is 1.35 bits per heavy atom. The molecule has 1 fully saturated rings. The van der Waals surface area contributed by atoms with Crippen molar-refractivity contribution in [3.63, 3.8) is 0 Å². The summed E-state index contributed by atoms with van der Waals surface area (Å²) in [5.41, 5.74) is 0. The first-order valence-corrected chi connectivity index (χ1v) is 15.8. The third-order valence-electron chi connectivity index (χ3n) is 7.16. The highest BCUT2D eigenvalue weighted by molar-refractivity contribution is 7.48. The van der Waals surface area contributed by atoms with E-state index in [1.165, 1.54) is 97.0 Å². The number of phosphoric acid groups is 1. The van der Waals surface area contributed by atoms with Gasteiger partial charge in [0.15, 0.2) is 0 Å². The molecule has 0 aromatic carbocycles. The van der Waals surface area contributed by atoms with Gasteiger partial charge in [-0.3, -0.25) is 13.6 Å². The maximum atomic E-state index is 13.0. The van der Waals surface area contributed by atoms with E-state index in [9.17, 15) is 4.57 Å². The SMILES string of the molecule is [B][C@H]1C[C@@H](C(CCCCCC)CCCCCC)C(COP(=O)(OC)OCCCCCCCC)O1. The summed E-state index contributed by atoms with van der Waals surface area (Å²) < 4.78 is 35.5. The quantitative estimate of drug-likeness (QED) is 0.0799. The number of rotatable bonds is 23. The molecule has 34 heavy (non-hydrogen) atoms. The van der Waals surface area contributed by atoms with E-state index in [0.717, 1.165) is 19.3 Å². The highest BCUT2D eigenvalue weighted by Gasteiger charge is 2.39. The first kappa shape index (κ1) is 32.2. The molecule has 0 spiro atoms. The first-order valence-electron chi connectivity index (χ1n) is 14.3. The second kappa shape index (κ2) is 20.2. The summed E-state index contributed by atoms with van der Waals surface area (Å²) in [4.78, 5) is 0. The van der Waals surface area contributed by atoms with Gasteiger partial charge >= 0.3 is 7.82 Å². The van der Waals surface area contributed by atoms with Gasteiger partial charge in [-0.2, -0.15) is 0 Å². The molecule has 1 saturated heterocycles. The van der Waals surface area contributed by atoms with Crippen molar-refractivity contribution in [3.05, 3.63) is 0 Å². The molecule has 0 bridgehead atoms. The lowest BCUT2D eigenvalue weighted by atomic mass is 9.77. The van der Waals surface area contributed by atoms with Crippen LogP contribution in [0.1, 0.15) is 130 Å². The molecule has 4 atom stereocenters. The fraction of sp³-hybridized carbons (Fsp3) is 1.00. The fourth-order valence-electron chi connectivity index (χ4n) is 5.07. The molecule has 2 unspecified atom stereocenters. The molecule has 1 aliphatic rings. The minimum absolute atomic E-state index is 0.154. The van der Waals surface area contributed by atoms with E-state index in [1.807, 2.05) is 0 Å². The van der Waals surface area contributed by atoms with Crippen molar-refractivity contribution in [2.75, 3.05) is 20.3 Å². The van der Waals surface area contributed by atoms with E-state index in [1.54, 1.807) is 0 Å². The Hall–Kier alpha value is 0.135. The zero-order valence-electron chi connectivity index (χ0n) is 22.8. The molecule has 0 saturated carbocycles. The molecule has 0 amide bonds. The lowest BCUT2D eigenvalue weighted by Gasteiger charge is -2.28. The van der Waals surface area contributed by atoms with Crippen LogP contribution < -0.4 is 0 Å². The summed E-state index contributed by atoms with van der Waals surface area (Å²) in [7, 11) is 4.04. The Labute approximate surface area is 212 Å². The van der Waals surface area contributed by atoms with Gasteiger partial charge in [0.1, 0.15) is 7.85 Å². The smallest absolute Gasteiger partial charge is 0.382 e. The molecule has 2 radical (unpaired) electrons. The Bertz CT molecular complexity index is 509. The Morgan fingerprint density at radius 1 is 0.824 bits per heavy atom. The molecule has 1 rings (SSSR count). The van der Waals surface area contributed by atoms with Gasteiger partial charge in [0, 0.05) is 13.1 Å². The summed E-state index contributed by atoms with van der Waals surface area (Å²) in [6, 6.07) is -0.279. The average molecular weight is 501 g/mol. The first-order chi connectivity index (χ1) is 16.5. The van der Waals surface area contributed by atoms with Gasteiger partial charge in [0.05, 0.1) is 19.3 Å². The van der Waals surface area contributed by atoms with Crippen LogP contribution in [-0.2, 0) is 22.9 Å². The van der Waals surface area contributed by atoms with E-state index < -0.39 is 7.82 Å². The average Bonchev–Trinajstić information content (AvgIpc) is 3.21. The molecule has 7 heteroatoms. The topological polar surface area (TPSA) is 54.0 Å². The van der Waals surface area contributed by atoms with Crippen molar-refractivity contribution in [3.8, 4) is 0 Å². The lowest BCUT2D eigenvalue weighted by Crippen LogP contribution is -2.28. The Balaban J connectivity index is 2.58. The van der Waals surface area contributed by atoms with Crippen molar-refractivity contribution < 1.29 is 22.9 Å². The molecular weight excluding hydrogens is 446 g/mol. The second-order valence-electron chi connectivity index (χ2n) is 10.1. The lowest BCUT2D eigenvalue weighted by molar-refractivity contribution is 0.00629. The summed E-state index contributed by atoms with van der Waals surface area (Å²) >= 11 is 0. The van der Waals surface area contributed by atoms with Gasteiger partial charge in [-0.05, 0) is 24.7 Å².